The van der Waals surface area contributed by atoms with Crippen molar-refractivity contribution in [2.75, 3.05) is 0 Å². The molecule has 2 nitrogen and oxygen atoms in total. The third-order valence-corrected chi connectivity index (χ3v) is 5.05. The van der Waals surface area contributed by atoms with Crippen molar-refractivity contribution in [2.45, 2.75) is 19.4 Å². The molecule has 1 heterocycles. The van der Waals surface area contributed by atoms with Gasteiger partial charge in [-0.15, -0.1) is 11.3 Å². The number of hydrogen-bond donors (Lipinski definition) is 2. The number of thiophene rings is 1. The van der Waals surface area contributed by atoms with Crippen molar-refractivity contribution in [2.24, 2.45) is 5.84 Å². The molecule has 0 aliphatic heterocycles. The van der Waals surface area contributed by atoms with Gasteiger partial charge in [0.1, 0.15) is 5.82 Å². The van der Waals surface area contributed by atoms with E-state index >= 15 is 0 Å². The minimum Gasteiger partial charge on any atom is -0.271 e. The Morgan fingerprint density at radius 1 is 1.44 bits per heavy atom. The van der Waals surface area contributed by atoms with Crippen molar-refractivity contribution in [1.82, 2.24) is 5.43 Å². The summed E-state index contributed by atoms with van der Waals surface area (Å²) in [5.74, 6) is 5.39. The zero-order valence-electron chi connectivity index (χ0n) is 9.91. The predicted molar refractivity (Wildman–Crippen MR) is 76.9 cm³/mol. The van der Waals surface area contributed by atoms with Crippen LogP contribution in [0, 0.1) is 12.7 Å². The summed E-state index contributed by atoms with van der Waals surface area (Å²) in [6.07, 6.45) is 0.537. The molecule has 2 aromatic rings. The van der Waals surface area contributed by atoms with E-state index in [4.69, 9.17) is 5.84 Å². The quantitative estimate of drug-likeness (QED) is 0.663. The van der Waals surface area contributed by atoms with Crippen LogP contribution >= 0.6 is 27.3 Å². The van der Waals surface area contributed by atoms with Crippen LogP contribution in [0.3, 0.4) is 0 Å². The lowest BCUT2D eigenvalue weighted by Gasteiger charge is -2.14. The summed E-state index contributed by atoms with van der Waals surface area (Å²) in [6.45, 7) is 2.03. The maximum Gasteiger partial charge on any atom is 0.126 e. The zero-order valence-corrected chi connectivity index (χ0v) is 12.3. The van der Waals surface area contributed by atoms with Gasteiger partial charge in [-0.2, -0.15) is 0 Å². The maximum atomic E-state index is 13.6. The van der Waals surface area contributed by atoms with E-state index in [1.165, 1.54) is 11.6 Å². The molecule has 0 amide bonds. The van der Waals surface area contributed by atoms with Crippen LogP contribution < -0.4 is 11.3 Å². The Morgan fingerprint density at radius 2 is 2.17 bits per heavy atom. The van der Waals surface area contributed by atoms with E-state index in [1.807, 2.05) is 13.0 Å². The highest BCUT2D eigenvalue weighted by molar-refractivity contribution is 9.11. The van der Waals surface area contributed by atoms with E-state index in [9.17, 15) is 4.39 Å². The van der Waals surface area contributed by atoms with Gasteiger partial charge >= 0.3 is 0 Å². The molecule has 0 spiro atoms. The third kappa shape index (κ3) is 2.98. The zero-order chi connectivity index (χ0) is 13.1. The van der Waals surface area contributed by atoms with E-state index in [0.717, 1.165) is 8.66 Å². The van der Waals surface area contributed by atoms with Gasteiger partial charge in [-0.3, -0.25) is 11.3 Å². The van der Waals surface area contributed by atoms with Crippen molar-refractivity contribution < 1.29 is 4.39 Å². The molecule has 0 aliphatic rings. The minimum absolute atomic E-state index is 0.0723. The molecule has 1 aromatic carbocycles. The molecule has 0 saturated heterocycles. The van der Waals surface area contributed by atoms with E-state index in [1.54, 1.807) is 23.5 Å². The van der Waals surface area contributed by atoms with E-state index in [2.05, 4.69) is 27.4 Å². The molecule has 0 fully saturated rings. The Kier molecular flexibility index (Phi) is 4.50. The first kappa shape index (κ1) is 13.7. The number of halogens is 2. The van der Waals surface area contributed by atoms with Crippen LogP contribution in [0.2, 0.25) is 0 Å². The molecule has 0 saturated carbocycles. The Balaban J connectivity index is 2.22. The Morgan fingerprint density at radius 3 is 2.72 bits per heavy atom. The standard InChI is InChI=1S/C13H14BrFN2S/c1-8-6-12(18-13(8)14)11(17-16)7-9-4-2-3-5-10(9)15/h2-6,11,17H,7,16H2,1H3. The fourth-order valence-corrected chi connectivity index (χ4v) is 3.41. The van der Waals surface area contributed by atoms with E-state index in [-0.39, 0.29) is 11.9 Å². The summed E-state index contributed by atoms with van der Waals surface area (Å²) in [4.78, 5) is 1.10. The monoisotopic (exact) mass is 328 g/mol. The largest absolute Gasteiger partial charge is 0.271 e. The van der Waals surface area contributed by atoms with Crippen molar-refractivity contribution in [3.05, 3.63) is 55.9 Å². The van der Waals surface area contributed by atoms with Gasteiger partial charge in [0.2, 0.25) is 0 Å². The number of benzene rings is 1. The number of hydrazine groups is 1. The number of aryl methyl sites for hydroxylation is 1. The molecule has 1 atom stereocenters. The first-order valence-corrected chi connectivity index (χ1v) is 7.18. The van der Waals surface area contributed by atoms with Crippen LogP contribution in [0.25, 0.3) is 0 Å². The second kappa shape index (κ2) is 5.93. The van der Waals surface area contributed by atoms with Crippen molar-refractivity contribution in [3.63, 3.8) is 0 Å². The highest BCUT2D eigenvalue weighted by Gasteiger charge is 2.16. The van der Waals surface area contributed by atoms with Crippen molar-refractivity contribution >= 4 is 27.3 Å². The number of rotatable bonds is 4. The van der Waals surface area contributed by atoms with Gasteiger partial charge in [-0.25, -0.2) is 4.39 Å². The summed E-state index contributed by atoms with van der Waals surface area (Å²) in [5, 5.41) is 0. The first-order chi connectivity index (χ1) is 8.61. The normalized spacial score (nSPS) is 12.7. The molecule has 18 heavy (non-hydrogen) atoms. The van der Waals surface area contributed by atoms with Crippen molar-refractivity contribution in [3.8, 4) is 0 Å². The molecule has 0 bridgehead atoms. The molecule has 0 aliphatic carbocycles. The Labute approximate surface area is 118 Å². The molecule has 1 unspecified atom stereocenters. The lowest BCUT2D eigenvalue weighted by atomic mass is 10.0. The summed E-state index contributed by atoms with van der Waals surface area (Å²) < 4.78 is 14.7. The highest BCUT2D eigenvalue weighted by Crippen LogP contribution is 2.32. The van der Waals surface area contributed by atoms with Crippen LogP contribution in [0.4, 0.5) is 4.39 Å². The Bertz CT molecular complexity index is 522. The van der Waals surface area contributed by atoms with E-state index in [0.29, 0.717) is 12.0 Å². The van der Waals surface area contributed by atoms with Gasteiger partial charge in [0.25, 0.3) is 0 Å². The SMILES string of the molecule is Cc1cc(C(Cc2ccccc2F)NN)sc1Br. The molecular formula is C13H14BrFN2S. The van der Waals surface area contributed by atoms with Gasteiger partial charge in [0.05, 0.1) is 9.83 Å². The second-order valence-corrected chi connectivity index (χ2v) is 6.52. The van der Waals surface area contributed by atoms with Crippen LogP contribution in [0.15, 0.2) is 34.1 Å². The van der Waals surface area contributed by atoms with E-state index < -0.39 is 0 Å². The number of nitrogens with two attached hydrogens (primary N) is 1. The van der Waals surface area contributed by atoms with Crippen LogP contribution in [0.5, 0.6) is 0 Å². The molecule has 2 rings (SSSR count). The molecule has 96 valence electrons. The fourth-order valence-electron chi connectivity index (χ4n) is 1.78. The molecule has 0 radical (unpaired) electrons. The van der Waals surface area contributed by atoms with Gasteiger partial charge in [0.15, 0.2) is 0 Å². The highest BCUT2D eigenvalue weighted by atomic mass is 79.9. The van der Waals surface area contributed by atoms with Gasteiger partial charge < -0.3 is 0 Å². The summed E-state index contributed by atoms with van der Waals surface area (Å²) >= 11 is 5.11. The van der Waals surface area contributed by atoms with Gasteiger partial charge in [-0.1, -0.05) is 18.2 Å². The molecule has 5 heteroatoms. The summed E-state index contributed by atoms with van der Waals surface area (Å²) in [5.41, 5.74) is 4.60. The predicted octanol–water partition coefficient (Wildman–Crippen LogP) is 3.71. The van der Waals surface area contributed by atoms with Gasteiger partial charge in [0, 0.05) is 4.88 Å². The van der Waals surface area contributed by atoms with Gasteiger partial charge in [-0.05, 0) is 52.5 Å². The molecular weight excluding hydrogens is 315 g/mol. The van der Waals surface area contributed by atoms with Crippen LogP contribution in [0.1, 0.15) is 22.0 Å². The molecule has 1 aromatic heterocycles. The smallest absolute Gasteiger partial charge is 0.126 e. The lowest BCUT2D eigenvalue weighted by molar-refractivity contribution is 0.535. The van der Waals surface area contributed by atoms with Crippen LogP contribution in [-0.2, 0) is 6.42 Å². The third-order valence-electron chi connectivity index (χ3n) is 2.80. The molecule has 3 N–H and O–H groups in total. The first-order valence-electron chi connectivity index (χ1n) is 5.57. The number of nitrogens with one attached hydrogen (secondary N) is 1. The average Bonchev–Trinajstić information content (AvgIpc) is 2.68. The summed E-state index contributed by atoms with van der Waals surface area (Å²) in [6, 6.07) is 8.78. The average molecular weight is 329 g/mol. The second-order valence-electron chi connectivity index (χ2n) is 4.12. The fraction of sp³-hybridized carbons (Fsp3) is 0.231. The van der Waals surface area contributed by atoms with Crippen LogP contribution in [-0.4, -0.2) is 0 Å². The summed E-state index contributed by atoms with van der Waals surface area (Å²) in [7, 11) is 0. The topological polar surface area (TPSA) is 38.0 Å². The number of hydrogen-bond acceptors (Lipinski definition) is 3. The lowest BCUT2D eigenvalue weighted by Crippen LogP contribution is -2.29. The minimum atomic E-state index is -0.190. The van der Waals surface area contributed by atoms with Crippen molar-refractivity contribution in [1.29, 1.82) is 0 Å². The Hall–Kier alpha value is -0.750. The maximum absolute atomic E-state index is 13.6.